The minimum atomic E-state index is -1.81. The molecule has 2 aromatic carbocycles. The molecule has 0 heterocycles. The van der Waals surface area contributed by atoms with Gasteiger partial charge in [-0.3, -0.25) is 0 Å². The Kier molecular flexibility index (Phi) is 4.14. The average molecular weight is 264 g/mol. The molecule has 98 valence electrons. The number of para-hydroxylation sites is 1. The van der Waals surface area contributed by atoms with Gasteiger partial charge in [-0.15, -0.1) is 0 Å². The van der Waals surface area contributed by atoms with E-state index >= 15 is 0 Å². The molecule has 0 atom stereocenters. The minimum Gasteiger partial charge on any atom is -0.486 e. The number of halogens is 2. The molecule has 0 aliphatic heterocycles. The first-order valence-electron chi connectivity index (χ1n) is 5.59. The van der Waals surface area contributed by atoms with Crippen molar-refractivity contribution in [1.29, 1.82) is 0 Å². The molecule has 0 aliphatic rings. The molecule has 19 heavy (non-hydrogen) atoms. The summed E-state index contributed by atoms with van der Waals surface area (Å²) in [5, 5.41) is 18.3. The third kappa shape index (κ3) is 3.30. The van der Waals surface area contributed by atoms with Gasteiger partial charge in [-0.1, -0.05) is 18.2 Å². The summed E-state index contributed by atoms with van der Waals surface area (Å²) < 4.78 is 31.6. The summed E-state index contributed by atoms with van der Waals surface area (Å²) in [7, 11) is -1.81. The van der Waals surface area contributed by atoms with Gasteiger partial charge in [-0.25, -0.2) is 8.78 Å². The summed E-state index contributed by atoms with van der Waals surface area (Å²) >= 11 is 0. The maximum Gasteiger partial charge on any atom is 0.488 e. The molecular formula is C13H11BF2O3. The first kappa shape index (κ1) is 13.5. The Morgan fingerprint density at radius 2 is 1.79 bits per heavy atom. The zero-order valence-electron chi connectivity index (χ0n) is 9.88. The molecule has 6 heteroatoms. The van der Waals surface area contributed by atoms with Gasteiger partial charge in [0.05, 0.1) is 0 Å². The van der Waals surface area contributed by atoms with E-state index in [-0.39, 0.29) is 17.8 Å². The molecule has 0 amide bonds. The lowest BCUT2D eigenvalue weighted by molar-refractivity contribution is 0.290. The van der Waals surface area contributed by atoms with Crippen molar-refractivity contribution < 1.29 is 23.6 Å². The maximum atomic E-state index is 13.3. The second kappa shape index (κ2) is 5.82. The number of hydrogen-bond donors (Lipinski definition) is 2. The van der Waals surface area contributed by atoms with E-state index in [4.69, 9.17) is 14.8 Å². The van der Waals surface area contributed by atoms with Gasteiger partial charge in [-0.2, -0.15) is 0 Å². The predicted octanol–water partition coefficient (Wildman–Crippen LogP) is 1.22. The van der Waals surface area contributed by atoms with Crippen LogP contribution in [0.4, 0.5) is 8.78 Å². The normalized spacial score (nSPS) is 10.3. The highest BCUT2D eigenvalue weighted by molar-refractivity contribution is 6.59. The number of rotatable bonds is 4. The van der Waals surface area contributed by atoms with E-state index in [1.807, 2.05) is 0 Å². The standard InChI is InChI=1S/C13H11BF2O3/c15-10-6-5-9(11(7-10)14(17)18)8-19-13-4-2-1-3-12(13)16/h1-7,17-18H,8H2. The second-order valence-corrected chi connectivity index (χ2v) is 3.94. The largest absolute Gasteiger partial charge is 0.488 e. The molecule has 3 nitrogen and oxygen atoms in total. The summed E-state index contributed by atoms with van der Waals surface area (Å²) in [5.74, 6) is -1.06. The van der Waals surface area contributed by atoms with Crippen LogP contribution in [0.3, 0.4) is 0 Å². The average Bonchev–Trinajstić information content (AvgIpc) is 2.38. The first-order chi connectivity index (χ1) is 9.08. The van der Waals surface area contributed by atoms with Crippen molar-refractivity contribution in [3.05, 3.63) is 59.7 Å². The summed E-state index contributed by atoms with van der Waals surface area (Å²) in [6, 6.07) is 9.39. The molecule has 0 aliphatic carbocycles. The molecule has 0 spiro atoms. The molecule has 0 radical (unpaired) electrons. The lowest BCUT2D eigenvalue weighted by Crippen LogP contribution is -2.34. The van der Waals surface area contributed by atoms with Gasteiger partial charge in [0.15, 0.2) is 11.6 Å². The molecule has 0 saturated carbocycles. The zero-order chi connectivity index (χ0) is 13.8. The quantitative estimate of drug-likeness (QED) is 0.816. The number of ether oxygens (including phenoxy) is 1. The SMILES string of the molecule is OB(O)c1cc(F)ccc1COc1ccccc1F. The van der Waals surface area contributed by atoms with Crippen LogP contribution in [0.2, 0.25) is 0 Å². The van der Waals surface area contributed by atoms with Gasteiger partial charge >= 0.3 is 7.12 Å². The van der Waals surface area contributed by atoms with Crippen molar-refractivity contribution in [1.82, 2.24) is 0 Å². The van der Waals surface area contributed by atoms with Crippen LogP contribution < -0.4 is 10.2 Å². The molecular weight excluding hydrogens is 253 g/mol. The Labute approximate surface area is 109 Å². The molecule has 0 saturated heterocycles. The molecule has 0 bridgehead atoms. The second-order valence-electron chi connectivity index (χ2n) is 3.94. The Hall–Kier alpha value is -1.92. The van der Waals surface area contributed by atoms with Gasteiger partial charge in [0.25, 0.3) is 0 Å². The van der Waals surface area contributed by atoms with Gasteiger partial charge in [-0.05, 0) is 35.3 Å². The van der Waals surface area contributed by atoms with E-state index in [9.17, 15) is 8.78 Å². The van der Waals surface area contributed by atoms with Crippen LogP contribution in [0.25, 0.3) is 0 Å². The zero-order valence-corrected chi connectivity index (χ0v) is 9.88. The van der Waals surface area contributed by atoms with Crippen molar-refractivity contribution in [2.24, 2.45) is 0 Å². The highest BCUT2D eigenvalue weighted by atomic mass is 19.1. The van der Waals surface area contributed by atoms with E-state index in [1.165, 1.54) is 30.3 Å². The van der Waals surface area contributed by atoms with E-state index in [0.717, 1.165) is 6.07 Å². The van der Waals surface area contributed by atoms with Crippen molar-refractivity contribution in [3.63, 3.8) is 0 Å². The van der Waals surface area contributed by atoms with Crippen LogP contribution in [0.15, 0.2) is 42.5 Å². The van der Waals surface area contributed by atoms with Crippen molar-refractivity contribution in [2.45, 2.75) is 6.61 Å². The molecule has 2 aromatic rings. The molecule has 0 fully saturated rings. The Morgan fingerprint density at radius 1 is 1.05 bits per heavy atom. The van der Waals surface area contributed by atoms with Crippen molar-refractivity contribution >= 4 is 12.6 Å². The summed E-state index contributed by atoms with van der Waals surface area (Å²) in [4.78, 5) is 0. The molecule has 2 rings (SSSR count). The van der Waals surface area contributed by atoms with Crippen LogP contribution >= 0.6 is 0 Å². The van der Waals surface area contributed by atoms with E-state index in [0.29, 0.717) is 5.56 Å². The topological polar surface area (TPSA) is 49.7 Å². The van der Waals surface area contributed by atoms with Gasteiger partial charge in [0.2, 0.25) is 0 Å². The van der Waals surface area contributed by atoms with E-state index < -0.39 is 18.8 Å². The summed E-state index contributed by atoms with van der Waals surface area (Å²) in [6.07, 6.45) is 0. The van der Waals surface area contributed by atoms with E-state index in [1.54, 1.807) is 6.07 Å². The van der Waals surface area contributed by atoms with Gasteiger partial charge in [0.1, 0.15) is 12.4 Å². The Balaban J connectivity index is 2.18. The highest BCUT2D eigenvalue weighted by Gasteiger charge is 2.17. The minimum absolute atomic E-state index is 0.00339. The first-order valence-corrected chi connectivity index (χ1v) is 5.59. The maximum absolute atomic E-state index is 13.3. The molecule has 2 N–H and O–H groups in total. The van der Waals surface area contributed by atoms with Crippen molar-refractivity contribution in [3.8, 4) is 5.75 Å². The summed E-state index contributed by atoms with van der Waals surface area (Å²) in [6.45, 7) is -0.0891. The van der Waals surface area contributed by atoms with Crippen LogP contribution in [0.1, 0.15) is 5.56 Å². The molecule has 0 aromatic heterocycles. The van der Waals surface area contributed by atoms with Crippen LogP contribution in [0.5, 0.6) is 5.75 Å². The lowest BCUT2D eigenvalue weighted by atomic mass is 9.77. The third-order valence-corrected chi connectivity index (χ3v) is 2.61. The fourth-order valence-electron chi connectivity index (χ4n) is 1.65. The van der Waals surface area contributed by atoms with Gasteiger partial charge in [0, 0.05) is 0 Å². The highest BCUT2D eigenvalue weighted by Crippen LogP contribution is 2.17. The van der Waals surface area contributed by atoms with Crippen LogP contribution in [-0.2, 0) is 6.61 Å². The van der Waals surface area contributed by atoms with E-state index in [2.05, 4.69) is 0 Å². The fraction of sp³-hybridized carbons (Fsp3) is 0.0769. The molecule has 0 unspecified atom stereocenters. The monoisotopic (exact) mass is 264 g/mol. The Bertz CT molecular complexity index is 576. The Morgan fingerprint density at radius 3 is 2.47 bits per heavy atom. The van der Waals surface area contributed by atoms with Crippen LogP contribution in [-0.4, -0.2) is 17.2 Å². The van der Waals surface area contributed by atoms with Crippen LogP contribution in [0, 0.1) is 11.6 Å². The lowest BCUT2D eigenvalue weighted by Gasteiger charge is -2.11. The third-order valence-electron chi connectivity index (χ3n) is 2.61. The number of hydrogen-bond acceptors (Lipinski definition) is 3. The predicted molar refractivity (Wildman–Crippen MR) is 67.0 cm³/mol. The summed E-state index contributed by atoms with van der Waals surface area (Å²) in [5.41, 5.74) is 0.371. The number of benzene rings is 2. The smallest absolute Gasteiger partial charge is 0.486 e. The van der Waals surface area contributed by atoms with Crippen molar-refractivity contribution in [2.75, 3.05) is 0 Å². The fourth-order valence-corrected chi connectivity index (χ4v) is 1.65. The van der Waals surface area contributed by atoms with Gasteiger partial charge < -0.3 is 14.8 Å².